The molecule has 0 amide bonds. The summed E-state index contributed by atoms with van der Waals surface area (Å²) >= 11 is 0. The molecule has 1 atom stereocenters. The van der Waals surface area contributed by atoms with Crippen LogP contribution < -0.4 is 0 Å². The summed E-state index contributed by atoms with van der Waals surface area (Å²) in [4.78, 5) is 0. The molecule has 1 aliphatic rings. The van der Waals surface area contributed by atoms with Crippen LogP contribution >= 0.6 is 0 Å². The van der Waals surface area contributed by atoms with Gasteiger partial charge < -0.3 is 0 Å². The van der Waals surface area contributed by atoms with Crippen molar-refractivity contribution < 1.29 is 0 Å². The summed E-state index contributed by atoms with van der Waals surface area (Å²) in [6, 6.07) is 0. The second kappa shape index (κ2) is 5.83. The molecule has 0 saturated carbocycles. The standard InChI is InChI=1S/C18H32Si/c1-9-10-11-12-13-17-14(2)15(3)18(5,16(17)4)19(6,7)8/h9H,1,10-13H2,2-8H3. The topological polar surface area (TPSA) is 0 Å². The van der Waals surface area contributed by atoms with Gasteiger partial charge >= 0.3 is 0 Å². The van der Waals surface area contributed by atoms with Crippen LogP contribution in [0.15, 0.2) is 34.9 Å². The van der Waals surface area contributed by atoms with Gasteiger partial charge in [0.25, 0.3) is 0 Å². The van der Waals surface area contributed by atoms with E-state index in [0.717, 1.165) is 6.42 Å². The number of rotatable bonds is 6. The molecule has 19 heavy (non-hydrogen) atoms. The Labute approximate surface area is 121 Å². The second-order valence-corrected chi connectivity index (χ2v) is 12.8. The van der Waals surface area contributed by atoms with Crippen molar-refractivity contribution in [1.82, 2.24) is 0 Å². The first-order valence-electron chi connectivity index (χ1n) is 7.67. The molecule has 0 fully saturated rings. The van der Waals surface area contributed by atoms with Crippen LogP contribution in [-0.2, 0) is 0 Å². The molecule has 0 aromatic carbocycles. The molecule has 1 rings (SSSR count). The Balaban J connectivity index is 3.01. The first-order valence-corrected chi connectivity index (χ1v) is 11.2. The third kappa shape index (κ3) is 2.81. The van der Waals surface area contributed by atoms with E-state index in [1.807, 2.05) is 6.08 Å². The molecule has 0 aromatic rings. The fourth-order valence-corrected chi connectivity index (χ4v) is 6.14. The Hall–Kier alpha value is -0.563. The zero-order valence-electron chi connectivity index (χ0n) is 14.1. The lowest BCUT2D eigenvalue weighted by Gasteiger charge is -2.41. The Morgan fingerprint density at radius 1 is 1.05 bits per heavy atom. The van der Waals surface area contributed by atoms with Crippen LogP contribution in [0.5, 0.6) is 0 Å². The third-order valence-corrected chi connectivity index (χ3v) is 9.30. The molecular formula is C18H32Si. The molecule has 0 aromatic heterocycles. The third-order valence-electron chi connectivity index (χ3n) is 5.55. The van der Waals surface area contributed by atoms with Crippen molar-refractivity contribution in [3.05, 3.63) is 34.9 Å². The van der Waals surface area contributed by atoms with Crippen LogP contribution in [0.4, 0.5) is 0 Å². The van der Waals surface area contributed by atoms with Crippen LogP contribution in [0.25, 0.3) is 0 Å². The van der Waals surface area contributed by atoms with Crippen LogP contribution in [0, 0.1) is 0 Å². The average molecular weight is 277 g/mol. The molecule has 0 saturated heterocycles. The van der Waals surface area contributed by atoms with Gasteiger partial charge in [-0.05, 0) is 57.6 Å². The Bertz CT molecular complexity index is 417. The highest BCUT2D eigenvalue weighted by molar-refractivity contribution is 6.80. The van der Waals surface area contributed by atoms with Gasteiger partial charge in [-0.25, -0.2) is 0 Å². The van der Waals surface area contributed by atoms with Crippen molar-refractivity contribution in [1.29, 1.82) is 0 Å². The highest BCUT2D eigenvalue weighted by Crippen LogP contribution is 2.58. The predicted molar refractivity (Wildman–Crippen MR) is 91.5 cm³/mol. The van der Waals surface area contributed by atoms with E-state index in [-0.39, 0.29) is 0 Å². The van der Waals surface area contributed by atoms with E-state index in [4.69, 9.17) is 0 Å². The molecule has 0 nitrogen and oxygen atoms in total. The van der Waals surface area contributed by atoms with Crippen LogP contribution in [0.2, 0.25) is 24.7 Å². The number of unbranched alkanes of at least 4 members (excludes halogenated alkanes) is 2. The van der Waals surface area contributed by atoms with E-state index in [1.165, 1.54) is 19.3 Å². The molecule has 0 heterocycles. The summed E-state index contributed by atoms with van der Waals surface area (Å²) in [7, 11) is -1.24. The lowest BCUT2D eigenvalue weighted by Crippen LogP contribution is -2.38. The summed E-state index contributed by atoms with van der Waals surface area (Å²) < 4.78 is 0. The maximum Gasteiger partial charge on any atom is 0.0600 e. The summed E-state index contributed by atoms with van der Waals surface area (Å²) in [6.07, 6.45) is 7.01. The number of hydrogen-bond acceptors (Lipinski definition) is 0. The van der Waals surface area contributed by atoms with Gasteiger partial charge in [0, 0.05) is 5.04 Å². The van der Waals surface area contributed by atoms with Crippen molar-refractivity contribution in [2.75, 3.05) is 0 Å². The largest absolute Gasteiger partial charge is 0.103 e. The normalized spacial score (nSPS) is 24.4. The van der Waals surface area contributed by atoms with Crippen molar-refractivity contribution in [3.8, 4) is 0 Å². The zero-order chi connectivity index (χ0) is 14.8. The highest BCUT2D eigenvalue weighted by Gasteiger charge is 2.46. The number of allylic oxidation sites excluding steroid dienone is 5. The predicted octanol–water partition coefficient (Wildman–Crippen LogP) is 6.50. The van der Waals surface area contributed by atoms with Crippen LogP contribution in [0.1, 0.15) is 53.4 Å². The first kappa shape index (κ1) is 16.5. The van der Waals surface area contributed by atoms with Gasteiger partial charge in [-0.3, -0.25) is 0 Å². The maximum absolute atomic E-state index is 3.81. The number of hydrogen-bond donors (Lipinski definition) is 0. The summed E-state index contributed by atoms with van der Waals surface area (Å²) in [5.41, 5.74) is 6.55. The first-order chi connectivity index (χ1) is 8.67. The van der Waals surface area contributed by atoms with Gasteiger partial charge in [-0.1, -0.05) is 43.8 Å². The van der Waals surface area contributed by atoms with Gasteiger partial charge in [0.05, 0.1) is 8.07 Å². The molecular weight excluding hydrogens is 244 g/mol. The molecule has 0 N–H and O–H groups in total. The molecule has 1 aliphatic carbocycles. The van der Waals surface area contributed by atoms with E-state index in [2.05, 4.69) is 53.9 Å². The van der Waals surface area contributed by atoms with E-state index in [0.29, 0.717) is 5.04 Å². The minimum absolute atomic E-state index is 0.366. The maximum atomic E-state index is 3.81. The lowest BCUT2D eigenvalue weighted by molar-refractivity contribution is 0.737. The monoisotopic (exact) mass is 276 g/mol. The van der Waals surface area contributed by atoms with Gasteiger partial charge in [0.1, 0.15) is 0 Å². The summed E-state index contributed by atoms with van der Waals surface area (Å²) in [5, 5.41) is 0.366. The van der Waals surface area contributed by atoms with Crippen LogP contribution in [0.3, 0.4) is 0 Å². The second-order valence-electron chi connectivity index (χ2n) is 7.26. The van der Waals surface area contributed by atoms with E-state index in [9.17, 15) is 0 Å². The van der Waals surface area contributed by atoms with Crippen molar-refractivity contribution >= 4 is 8.07 Å². The average Bonchev–Trinajstić information content (AvgIpc) is 2.49. The van der Waals surface area contributed by atoms with Gasteiger partial charge in [-0.2, -0.15) is 0 Å². The summed E-state index contributed by atoms with van der Waals surface area (Å²) in [5.74, 6) is 0. The molecule has 108 valence electrons. The molecule has 0 aliphatic heterocycles. The smallest absolute Gasteiger partial charge is 0.0600 e. The fourth-order valence-electron chi connectivity index (χ4n) is 3.56. The Morgan fingerprint density at radius 3 is 2.05 bits per heavy atom. The minimum Gasteiger partial charge on any atom is -0.103 e. The van der Waals surface area contributed by atoms with Crippen LogP contribution in [-0.4, -0.2) is 8.07 Å². The fraction of sp³-hybridized carbons (Fsp3) is 0.667. The molecule has 0 spiro atoms. The van der Waals surface area contributed by atoms with Gasteiger partial charge in [0.2, 0.25) is 0 Å². The van der Waals surface area contributed by atoms with Gasteiger partial charge in [0.15, 0.2) is 0 Å². The highest BCUT2D eigenvalue weighted by atomic mass is 28.3. The van der Waals surface area contributed by atoms with E-state index < -0.39 is 8.07 Å². The summed E-state index contributed by atoms with van der Waals surface area (Å²) in [6.45, 7) is 20.9. The van der Waals surface area contributed by atoms with Crippen molar-refractivity contribution in [2.45, 2.75) is 78.1 Å². The van der Waals surface area contributed by atoms with Crippen molar-refractivity contribution in [2.24, 2.45) is 0 Å². The Morgan fingerprint density at radius 2 is 1.63 bits per heavy atom. The Kier molecular flexibility index (Phi) is 5.06. The van der Waals surface area contributed by atoms with Crippen molar-refractivity contribution in [3.63, 3.8) is 0 Å². The zero-order valence-corrected chi connectivity index (χ0v) is 15.1. The molecule has 0 bridgehead atoms. The molecule has 0 radical (unpaired) electrons. The quantitative estimate of drug-likeness (QED) is 0.295. The van der Waals surface area contributed by atoms with E-state index in [1.54, 1.807) is 22.3 Å². The molecule has 1 unspecified atom stereocenters. The lowest BCUT2D eigenvalue weighted by atomic mass is 9.96. The van der Waals surface area contributed by atoms with Gasteiger partial charge in [-0.15, -0.1) is 6.58 Å². The SMILES string of the molecule is C=CCCCCC1=C(C)C(C)([Si](C)(C)C)C(C)=C1C. The molecule has 1 heteroatoms. The minimum atomic E-state index is -1.24. The van der Waals surface area contributed by atoms with E-state index >= 15 is 0 Å².